The first-order chi connectivity index (χ1) is 8.10. The van der Waals surface area contributed by atoms with E-state index in [2.05, 4.69) is 15.3 Å². The molecule has 2 N–H and O–H groups in total. The van der Waals surface area contributed by atoms with Crippen molar-refractivity contribution in [3.63, 3.8) is 0 Å². The molecule has 0 aliphatic rings. The molecular weight excluding hydrogens is 221 g/mol. The number of nitrogens with one attached hydrogen (secondary N) is 1. The van der Waals surface area contributed by atoms with Crippen LogP contribution >= 0.6 is 0 Å². The topological polar surface area (TPSA) is 58.0 Å². The van der Waals surface area contributed by atoms with Gasteiger partial charge in [-0.25, -0.2) is 14.4 Å². The highest BCUT2D eigenvalue weighted by Crippen LogP contribution is 2.23. The van der Waals surface area contributed by atoms with Crippen LogP contribution in [0.1, 0.15) is 5.69 Å². The van der Waals surface area contributed by atoms with E-state index in [-0.39, 0.29) is 5.75 Å². The summed E-state index contributed by atoms with van der Waals surface area (Å²) < 4.78 is 13.2. The Morgan fingerprint density at radius 2 is 2.00 bits per heavy atom. The summed E-state index contributed by atoms with van der Waals surface area (Å²) in [5, 5.41) is 12.0. The highest BCUT2D eigenvalue weighted by molar-refractivity contribution is 5.58. The van der Waals surface area contributed by atoms with E-state index in [0.29, 0.717) is 17.2 Å². The standard InChI is InChI=1S/C12H12FN3O/c1-7-5-11(14-2)16-12(15-7)8-3-4-10(17)9(13)6-8/h3-6,17H,1-2H3,(H,14,15,16). The molecule has 0 amide bonds. The van der Waals surface area contributed by atoms with Crippen molar-refractivity contribution < 1.29 is 9.50 Å². The number of benzene rings is 1. The molecule has 5 heteroatoms. The zero-order chi connectivity index (χ0) is 12.4. The Morgan fingerprint density at radius 3 is 2.65 bits per heavy atom. The smallest absolute Gasteiger partial charge is 0.165 e. The third kappa shape index (κ3) is 2.33. The zero-order valence-electron chi connectivity index (χ0n) is 9.53. The lowest BCUT2D eigenvalue weighted by atomic mass is 10.2. The molecule has 1 aromatic carbocycles. The SMILES string of the molecule is CNc1cc(C)nc(-c2ccc(O)c(F)c2)n1. The molecule has 4 nitrogen and oxygen atoms in total. The Hall–Kier alpha value is -2.17. The maximum absolute atomic E-state index is 13.2. The number of hydrogen-bond acceptors (Lipinski definition) is 4. The van der Waals surface area contributed by atoms with Gasteiger partial charge in [0.1, 0.15) is 5.82 Å². The Labute approximate surface area is 98.2 Å². The van der Waals surface area contributed by atoms with Crippen LogP contribution in [0.4, 0.5) is 10.2 Å². The van der Waals surface area contributed by atoms with Crippen LogP contribution in [0.5, 0.6) is 5.75 Å². The number of aromatic hydroxyl groups is 1. The molecule has 17 heavy (non-hydrogen) atoms. The predicted molar refractivity (Wildman–Crippen MR) is 63.4 cm³/mol. The van der Waals surface area contributed by atoms with E-state index < -0.39 is 5.82 Å². The van der Waals surface area contributed by atoms with Crippen molar-refractivity contribution in [2.24, 2.45) is 0 Å². The van der Waals surface area contributed by atoms with Crippen LogP contribution in [0.2, 0.25) is 0 Å². The van der Waals surface area contributed by atoms with Crippen molar-refractivity contribution in [2.45, 2.75) is 6.92 Å². The van der Waals surface area contributed by atoms with Gasteiger partial charge in [0.15, 0.2) is 17.4 Å². The Balaban J connectivity index is 2.52. The maximum atomic E-state index is 13.2. The minimum atomic E-state index is -0.682. The second-order valence-corrected chi connectivity index (χ2v) is 3.63. The highest BCUT2D eigenvalue weighted by atomic mass is 19.1. The van der Waals surface area contributed by atoms with E-state index in [1.54, 1.807) is 19.2 Å². The number of nitrogens with zero attached hydrogens (tertiary/aromatic N) is 2. The number of aryl methyl sites for hydroxylation is 1. The third-order valence-corrected chi connectivity index (χ3v) is 2.32. The van der Waals surface area contributed by atoms with E-state index in [4.69, 9.17) is 5.11 Å². The van der Waals surface area contributed by atoms with Crippen LogP contribution in [-0.2, 0) is 0 Å². The van der Waals surface area contributed by atoms with Crippen molar-refractivity contribution in [1.29, 1.82) is 0 Å². The highest BCUT2D eigenvalue weighted by Gasteiger charge is 2.07. The molecule has 0 atom stereocenters. The van der Waals surface area contributed by atoms with Gasteiger partial charge in [-0.15, -0.1) is 0 Å². The quantitative estimate of drug-likeness (QED) is 0.835. The van der Waals surface area contributed by atoms with E-state index in [1.807, 2.05) is 6.92 Å². The molecule has 0 aliphatic heterocycles. The second-order valence-electron chi connectivity index (χ2n) is 3.63. The lowest BCUT2D eigenvalue weighted by Gasteiger charge is -2.06. The van der Waals surface area contributed by atoms with E-state index >= 15 is 0 Å². The average Bonchev–Trinajstić information content (AvgIpc) is 2.32. The van der Waals surface area contributed by atoms with E-state index in [0.717, 1.165) is 5.69 Å². The van der Waals surface area contributed by atoms with Crippen molar-refractivity contribution in [3.05, 3.63) is 35.8 Å². The van der Waals surface area contributed by atoms with Gasteiger partial charge >= 0.3 is 0 Å². The third-order valence-electron chi connectivity index (χ3n) is 2.32. The molecule has 0 saturated carbocycles. The molecule has 0 spiro atoms. The Bertz CT molecular complexity index is 557. The van der Waals surface area contributed by atoms with Crippen molar-refractivity contribution in [1.82, 2.24) is 9.97 Å². The summed E-state index contributed by atoms with van der Waals surface area (Å²) >= 11 is 0. The van der Waals surface area contributed by atoms with Crippen LogP contribution in [0, 0.1) is 12.7 Å². The molecule has 0 aliphatic carbocycles. The number of phenolic OH excluding ortho intramolecular Hbond substituents is 1. The van der Waals surface area contributed by atoms with Gasteiger partial charge in [-0.2, -0.15) is 0 Å². The minimum Gasteiger partial charge on any atom is -0.505 e. The van der Waals surface area contributed by atoms with Crippen molar-refractivity contribution >= 4 is 5.82 Å². The van der Waals surface area contributed by atoms with Gasteiger partial charge in [-0.3, -0.25) is 0 Å². The van der Waals surface area contributed by atoms with Gasteiger partial charge in [0, 0.05) is 24.4 Å². The van der Waals surface area contributed by atoms with Crippen LogP contribution in [0.15, 0.2) is 24.3 Å². The second kappa shape index (κ2) is 4.37. The molecule has 0 fully saturated rings. The van der Waals surface area contributed by atoms with Crippen LogP contribution in [0.25, 0.3) is 11.4 Å². The summed E-state index contributed by atoms with van der Waals surface area (Å²) in [7, 11) is 1.75. The fourth-order valence-corrected chi connectivity index (χ4v) is 1.47. The number of aromatic nitrogens is 2. The monoisotopic (exact) mass is 233 g/mol. The Morgan fingerprint density at radius 1 is 1.24 bits per heavy atom. The molecule has 88 valence electrons. The first-order valence-electron chi connectivity index (χ1n) is 5.12. The first-order valence-corrected chi connectivity index (χ1v) is 5.12. The normalized spacial score (nSPS) is 10.3. The summed E-state index contributed by atoms with van der Waals surface area (Å²) in [6.07, 6.45) is 0. The summed E-state index contributed by atoms with van der Waals surface area (Å²) in [5.74, 6) is 0.0306. The van der Waals surface area contributed by atoms with E-state index in [9.17, 15) is 4.39 Å². The Kier molecular flexibility index (Phi) is 2.91. The van der Waals surface area contributed by atoms with Gasteiger partial charge in [-0.05, 0) is 25.1 Å². The summed E-state index contributed by atoms with van der Waals surface area (Å²) in [6, 6.07) is 5.87. The summed E-state index contributed by atoms with van der Waals surface area (Å²) in [5.41, 5.74) is 1.31. The molecular formula is C12H12FN3O. The van der Waals surface area contributed by atoms with Crippen molar-refractivity contribution in [3.8, 4) is 17.1 Å². The molecule has 1 aromatic heterocycles. The number of hydrogen-bond donors (Lipinski definition) is 2. The van der Waals surface area contributed by atoms with Gasteiger partial charge in [0.25, 0.3) is 0 Å². The lowest BCUT2D eigenvalue weighted by Crippen LogP contribution is -1.98. The van der Waals surface area contributed by atoms with Crippen LogP contribution in [-0.4, -0.2) is 22.1 Å². The van der Waals surface area contributed by atoms with Gasteiger partial charge < -0.3 is 10.4 Å². The molecule has 0 saturated heterocycles. The van der Waals surface area contributed by atoms with E-state index in [1.165, 1.54) is 12.1 Å². The first kappa shape index (κ1) is 11.3. The predicted octanol–water partition coefficient (Wildman–Crippen LogP) is 2.34. The zero-order valence-corrected chi connectivity index (χ0v) is 9.53. The van der Waals surface area contributed by atoms with Crippen LogP contribution in [0.3, 0.4) is 0 Å². The van der Waals surface area contributed by atoms with Gasteiger partial charge in [0.2, 0.25) is 0 Å². The number of halogens is 1. The molecule has 1 heterocycles. The van der Waals surface area contributed by atoms with Gasteiger partial charge in [-0.1, -0.05) is 0 Å². The number of rotatable bonds is 2. The average molecular weight is 233 g/mol. The summed E-state index contributed by atoms with van der Waals surface area (Å²) in [4.78, 5) is 8.45. The molecule has 2 rings (SSSR count). The molecule has 2 aromatic rings. The molecule has 0 bridgehead atoms. The summed E-state index contributed by atoms with van der Waals surface area (Å²) in [6.45, 7) is 1.84. The maximum Gasteiger partial charge on any atom is 0.165 e. The number of anilines is 1. The number of phenols is 1. The van der Waals surface area contributed by atoms with Gasteiger partial charge in [0.05, 0.1) is 0 Å². The fraction of sp³-hybridized carbons (Fsp3) is 0.167. The largest absolute Gasteiger partial charge is 0.505 e. The van der Waals surface area contributed by atoms with Crippen molar-refractivity contribution in [2.75, 3.05) is 12.4 Å². The molecule has 0 unspecified atom stereocenters. The minimum absolute atomic E-state index is 0.379. The molecule has 0 radical (unpaired) electrons. The fourth-order valence-electron chi connectivity index (χ4n) is 1.47. The lowest BCUT2D eigenvalue weighted by molar-refractivity contribution is 0.432. The van der Waals surface area contributed by atoms with Crippen LogP contribution < -0.4 is 5.32 Å².